The molecule has 1 saturated heterocycles. The summed E-state index contributed by atoms with van der Waals surface area (Å²) < 4.78 is 33.4. The minimum absolute atomic E-state index is 0.0911. The van der Waals surface area contributed by atoms with E-state index >= 15 is 0 Å². The van der Waals surface area contributed by atoms with Crippen LogP contribution in [-0.4, -0.2) is 59.4 Å². The number of aliphatic hydroxyl groups is 2. The largest absolute Gasteiger partial charge is 0.394 e. The Morgan fingerprint density at radius 2 is 2.26 bits per heavy atom. The zero-order chi connectivity index (χ0) is 17.4. The van der Waals surface area contributed by atoms with Crippen LogP contribution in [0.2, 0.25) is 0 Å². The molecule has 0 aromatic carbocycles. The van der Waals surface area contributed by atoms with Gasteiger partial charge in [0.1, 0.15) is 24.1 Å². The highest BCUT2D eigenvalue weighted by molar-refractivity contribution is 7.86. The second kappa shape index (κ2) is 6.26. The number of hydrogen-bond donors (Lipinski definition) is 3. The van der Waals surface area contributed by atoms with E-state index in [2.05, 4.69) is 10.9 Å². The molecule has 0 bridgehead atoms. The summed E-state index contributed by atoms with van der Waals surface area (Å²) in [6.07, 6.45) is 1.72. The Labute approximate surface area is 131 Å². The molecule has 0 aliphatic carbocycles. The van der Waals surface area contributed by atoms with Crippen LogP contribution in [0.3, 0.4) is 0 Å². The van der Waals surface area contributed by atoms with E-state index in [0.717, 1.165) is 17.0 Å². The first-order valence-corrected chi connectivity index (χ1v) is 8.17. The number of aliphatic hydroxyl groups excluding tert-OH is 2. The molecule has 2 rings (SSSR count). The number of ether oxygens (including phenoxy) is 1. The Morgan fingerprint density at radius 1 is 1.61 bits per heavy atom. The standard InChI is InChI=1S/C12H15N3O7S/c1-3-6-4-15(12(18)14-10(6)13)11-8(17)9(7(5-16)21-11)22-23(2,19)20/h1,4,7-9,11,16-17H,5H2,2H3,(H2,13,14,18)/t7-,8-,9+,11-/m1/s1. The number of rotatable bonds is 4. The third kappa shape index (κ3) is 3.52. The maximum Gasteiger partial charge on any atom is 0.351 e. The van der Waals surface area contributed by atoms with Gasteiger partial charge in [0.05, 0.1) is 18.4 Å². The maximum absolute atomic E-state index is 11.9. The van der Waals surface area contributed by atoms with Gasteiger partial charge in [-0.05, 0) is 0 Å². The van der Waals surface area contributed by atoms with E-state index in [9.17, 15) is 23.4 Å². The van der Waals surface area contributed by atoms with Gasteiger partial charge < -0.3 is 20.7 Å². The fourth-order valence-corrected chi connectivity index (χ4v) is 2.83. The van der Waals surface area contributed by atoms with Gasteiger partial charge in [0.25, 0.3) is 10.1 Å². The van der Waals surface area contributed by atoms with E-state index in [1.165, 1.54) is 0 Å². The third-order valence-corrected chi connectivity index (χ3v) is 3.76. The lowest BCUT2D eigenvalue weighted by Crippen LogP contribution is -2.39. The predicted molar refractivity (Wildman–Crippen MR) is 77.6 cm³/mol. The molecule has 0 spiro atoms. The zero-order valence-corrected chi connectivity index (χ0v) is 12.8. The molecule has 2 heterocycles. The van der Waals surface area contributed by atoms with Crippen molar-refractivity contribution in [3.63, 3.8) is 0 Å². The summed E-state index contributed by atoms with van der Waals surface area (Å²) in [6.45, 7) is -0.632. The van der Waals surface area contributed by atoms with Crippen LogP contribution in [0.5, 0.6) is 0 Å². The summed E-state index contributed by atoms with van der Waals surface area (Å²) in [6, 6.07) is 0. The van der Waals surface area contributed by atoms with Gasteiger partial charge in [0.2, 0.25) is 0 Å². The van der Waals surface area contributed by atoms with Crippen molar-refractivity contribution in [1.29, 1.82) is 0 Å². The molecule has 1 aromatic rings. The van der Waals surface area contributed by atoms with Crippen molar-refractivity contribution in [2.24, 2.45) is 0 Å². The van der Waals surface area contributed by atoms with Crippen LogP contribution in [-0.2, 0) is 19.0 Å². The molecular formula is C12H15N3O7S. The molecule has 1 aromatic heterocycles. The van der Waals surface area contributed by atoms with Crippen molar-refractivity contribution >= 4 is 15.9 Å². The van der Waals surface area contributed by atoms with Crippen LogP contribution in [0.15, 0.2) is 11.0 Å². The summed E-state index contributed by atoms with van der Waals surface area (Å²) in [5, 5.41) is 19.5. The first kappa shape index (κ1) is 17.4. The molecule has 0 amide bonds. The number of aromatic nitrogens is 2. The lowest BCUT2D eigenvalue weighted by Gasteiger charge is -2.19. The van der Waals surface area contributed by atoms with Crippen molar-refractivity contribution in [2.45, 2.75) is 24.5 Å². The van der Waals surface area contributed by atoms with E-state index in [1.807, 2.05) is 0 Å². The average molecular weight is 345 g/mol. The predicted octanol–water partition coefficient (Wildman–Crippen LogP) is -2.60. The second-order valence-electron chi connectivity index (χ2n) is 4.88. The summed E-state index contributed by atoms with van der Waals surface area (Å²) in [7, 11) is -3.93. The quantitative estimate of drug-likeness (QED) is 0.393. The van der Waals surface area contributed by atoms with Crippen molar-refractivity contribution in [2.75, 3.05) is 18.6 Å². The first-order valence-electron chi connectivity index (χ1n) is 6.36. The molecule has 0 unspecified atom stereocenters. The van der Waals surface area contributed by atoms with Gasteiger partial charge in [-0.25, -0.2) is 4.79 Å². The Morgan fingerprint density at radius 3 is 2.78 bits per heavy atom. The zero-order valence-electron chi connectivity index (χ0n) is 12.0. The maximum atomic E-state index is 11.9. The summed E-state index contributed by atoms with van der Waals surface area (Å²) >= 11 is 0. The topological polar surface area (TPSA) is 154 Å². The van der Waals surface area contributed by atoms with Gasteiger partial charge in [0, 0.05) is 6.20 Å². The molecule has 1 aliphatic rings. The monoisotopic (exact) mass is 345 g/mol. The van der Waals surface area contributed by atoms with Gasteiger partial charge in [-0.2, -0.15) is 13.4 Å². The number of nitrogens with zero attached hydrogens (tertiary/aromatic N) is 2. The molecule has 23 heavy (non-hydrogen) atoms. The smallest absolute Gasteiger partial charge is 0.351 e. The van der Waals surface area contributed by atoms with Crippen LogP contribution in [0.1, 0.15) is 11.8 Å². The Balaban J connectivity index is 2.42. The number of hydrogen-bond acceptors (Lipinski definition) is 9. The van der Waals surface area contributed by atoms with Gasteiger partial charge in [-0.3, -0.25) is 8.75 Å². The minimum Gasteiger partial charge on any atom is -0.394 e. The molecule has 4 atom stereocenters. The van der Waals surface area contributed by atoms with Gasteiger partial charge in [0.15, 0.2) is 6.23 Å². The van der Waals surface area contributed by atoms with E-state index < -0.39 is 47.0 Å². The molecule has 10 nitrogen and oxygen atoms in total. The highest BCUT2D eigenvalue weighted by Crippen LogP contribution is 2.31. The van der Waals surface area contributed by atoms with E-state index in [1.54, 1.807) is 0 Å². The SMILES string of the molecule is C#Cc1cn([C@@H]2O[C@H](CO)[C@H](OS(C)(=O)=O)[C@H]2O)c(=O)nc1N. The van der Waals surface area contributed by atoms with E-state index in [4.69, 9.17) is 21.1 Å². The van der Waals surface area contributed by atoms with E-state index in [-0.39, 0.29) is 11.4 Å². The Kier molecular flexibility index (Phi) is 4.73. The molecule has 1 fully saturated rings. The van der Waals surface area contributed by atoms with Crippen molar-refractivity contribution in [3.05, 3.63) is 22.2 Å². The normalized spacial score (nSPS) is 27.7. The molecule has 126 valence electrons. The van der Waals surface area contributed by atoms with Crippen LogP contribution in [0.4, 0.5) is 5.82 Å². The number of terminal acetylenes is 1. The molecule has 11 heteroatoms. The number of nitrogens with two attached hydrogens (primary N) is 1. The fraction of sp³-hybridized carbons (Fsp3) is 0.500. The van der Waals surface area contributed by atoms with Crippen LogP contribution >= 0.6 is 0 Å². The lowest BCUT2D eigenvalue weighted by atomic mass is 10.1. The highest BCUT2D eigenvalue weighted by atomic mass is 32.2. The minimum atomic E-state index is -3.93. The molecule has 0 radical (unpaired) electrons. The molecule has 1 aliphatic heterocycles. The third-order valence-electron chi connectivity index (χ3n) is 3.19. The fourth-order valence-electron chi connectivity index (χ4n) is 2.19. The van der Waals surface area contributed by atoms with Gasteiger partial charge in [-0.1, -0.05) is 5.92 Å². The van der Waals surface area contributed by atoms with Crippen LogP contribution in [0, 0.1) is 12.3 Å². The summed E-state index contributed by atoms with van der Waals surface area (Å²) in [4.78, 5) is 15.4. The van der Waals surface area contributed by atoms with Crippen LogP contribution < -0.4 is 11.4 Å². The van der Waals surface area contributed by atoms with Crippen molar-refractivity contribution in [3.8, 4) is 12.3 Å². The summed E-state index contributed by atoms with van der Waals surface area (Å²) in [5.74, 6) is 2.05. The van der Waals surface area contributed by atoms with Gasteiger partial charge >= 0.3 is 5.69 Å². The summed E-state index contributed by atoms with van der Waals surface area (Å²) in [5.41, 5.74) is 4.72. The lowest BCUT2D eigenvalue weighted by molar-refractivity contribution is -0.0543. The molecular weight excluding hydrogens is 330 g/mol. The first-order chi connectivity index (χ1) is 10.7. The Hall–Kier alpha value is -1.97. The van der Waals surface area contributed by atoms with Crippen molar-refractivity contribution < 1.29 is 27.6 Å². The van der Waals surface area contributed by atoms with Crippen LogP contribution in [0.25, 0.3) is 0 Å². The number of anilines is 1. The average Bonchev–Trinajstić information content (AvgIpc) is 2.74. The second-order valence-corrected chi connectivity index (χ2v) is 6.48. The molecule has 0 saturated carbocycles. The molecule has 4 N–H and O–H groups in total. The Bertz CT molecular complexity index is 798. The van der Waals surface area contributed by atoms with Gasteiger partial charge in [-0.15, -0.1) is 6.42 Å². The highest BCUT2D eigenvalue weighted by Gasteiger charge is 2.47. The van der Waals surface area contributed by atoms with E-state index in [0.29, 0.717) is 0 Å². The number of nitrogen functional groups attached to an aromatic ring is 1. The van der Waals surface area contributed by atoms with Crippen molar-refractivity contribution in [1.82, 2.24) is 9.55 Å².